The van der Waals surface area contributed by atoms with Crippen molar-refractivity contribution < 1.29 is 19.1 Å². The lowest BCUT2D eigenvalue weighted by atomic mass is 10.2. The van der Waals surface area contributed by atoms with Gasteiger partial charge in [-0.15, -0.1) is 0 Å². The molecule has 2 aromatic carbocycles. The molecule has 0 radical (unpaired) electrons. The van der Waals surface area contributed by atoms with Crippen LogP contribution in [0.2, 0.25) is 0 Å². The Hall–Kier alpha value is -2.86. The minimum Gasteiger partial charge on any atom is -0.457 e. The van der Waals surface area contributed by atoms with E-state index in [1.807, 2.05) is 54.6 Å². The highest BCUT2D eigenvalue weighted by molar-refractivity contribution is 5.86. The van der Waals surface area contributed by atoms with E-state index in [0.717, 1.165) is 11.3 Å². The molecule has 132 valence electrons. The molecule has 0 unspecified atom stereocenters. The Balaban J connectivity index is 2.14. The van der Waals surface area contributed by atoms with Gasteiger partial charge < -0.3 is 20.1 Å². The molecule has 2 N–H and O–H groups in total. The van der Waals surface area contributed by atoms with Crippen LogP contribution < -0.4 is 10.5 Å². The summed E-state index contributed by atoms with van der Waals surface area (Å²) >= 11 is 0. The molecule has 1 atom stereocenters. The number of primary amides is 1. The van der Waals surface area contributed by atoms with E-state index in [1.54, 1.807) is 6.92 Å². The fourth-order valence-electron chi connectivity index (χ4n) is 2.31. The first-order valence-electron chi connectivity index (χ1n) is 7.91. The van der Waals surface area contributed by atoms with Crippen LogP contribution in [0.5, 0.6) is 11.5 Å². The van der Waals surface area contributed by atoms with Crippen molar-refractivity contribution in [2.45, 2.75) is 19.6 Å². The van der Waals surface area contributed by atoms with Gasteiger partial charge in [0.2, 0.25) is 5.91 Å². The van der Waals surface area contributed by atoms with Gasteiger partial charge in [0.1, 0.15) is 17.6 Å². The molecule has 0 aliphatic rings. The molecule has 0 saturated heterocycles. The van der Waals surface area contributed by atoms with Crippen molar-refractivity contribution in [1.82, 2.24) is 4.90 Å². The van der Waals surface area contributed by atoms with Crippen molar-refractivity contribution in [2.75, 3.05) is 13.7 Å². The number of hydrogen-bond acceptors (Lipinski definition) is 4. The van der Waals surface area contributed by atoms with Crippen molar-refractivity contribution >= 4 is 11.8 Å². The van der Waals surface area contributed by atoms with E-state index in [0.29, 0.717) is 5.75 Å². The van der Waals surface area contributed by atoms with Gasteiger partial charge in [-0.05, 0) is 36.8 Å². The summed E-state index contributed by atoms with van der Waals surface area (Å²) in [5.74, 6) is 0.497. The highest BCUT2D eigenvalue weighted by Gasteiger charge is 2.22. The molecule has 0 saturated carbocycles. The molecule has 0 heterocycles. The predicted molar refractivity (Wildman–Crippen MR) is 94.0 cm³/mol. The standard InChI is InChI=1S/C19H22N2O4/c1-14(24-2)19(23)21(13-18(20)22)12-15-7-6-10-17(11-15)25-16-8-4-3-5-9-16/h3-11,14H,12-13H2,1-2H3,(H2,20,22)/t14-/m0/s1. The Labute approximate surface area is 147 Å². The summed E-state index contributed by atoms with van der Waals surface area (Å²) in [5, 5.41) is 0. The lowest BCUT2D eigenvalue weighted by Crippen LogP contribution is -2.43. The largest absolute Gasteiger partial charge is 0.457 e. The first-order valence-corrected chi connectivity index (χ1v) is 7.91. The Morgan fingerprint density at radius 3 is 2.40 bits per heavy atom. The number of rotatable bonds is 8. The minimum atomic E-state index is -0.650. The van der Waals surface area contributed by atoms with Crippen molar-refractivity contribution in [2.24, 2.45) is 5.73 Å². The van der Waals surface area contributed by atoms with E-state index in [4.69, 9.17) is 15.2 Å². The molecule has 6 nitrogen and oxygen atoms in total. The predicted octanol–water partition coefficient (Wildman–Crippen LogP) is 2.33. The number of nitrogens with two attached hydrogens (primary N) is 1. The number of ether oxygens (including phenoxy) is 2. The third kappa shape index (κ3) is 5.61. The van der Waals surface area contributed by atoms with Crippen LogP contribution in [0, 0.1) is 0 Å². The van der Waals surface area contributed by atoms with Crippen LogP contribution in [-0.4, -0.2) is 36.5 Å². The smallest absolute Gasteiger partial charge is 0.252 e. The maximum absolute atomic E-state index is 12.4. The van der Waals surface area contributed by atoms with Gasteiger partial charge in [-0.1, -0.05) is 30.3 Å². The fraction of sp³-hybridized carbons (Fsp3) is 0.263. The maximum atomic E-state index is 12.4. The molecule has 0 fully saturated rings. The van der Waals surface area contributed by atoms with Gasteiger partial charge in [-0.25, -0.2) is 0 Å². The van der Waals surface area contributed by atoms with Crippen LogP contribution in [0.25, 0.3) is 0 Å². The second-order valence-electron chi connectivity index (χ2n) is 5.60. The zero-order valence-corrected chi connectivity index (χ0v) is 14.3. The Morgan fingerprint density at radius 2 is 1.76 bits per heavy atom. The lowest BCUT2D eigenvalue weighted by Gasteiger charge is -2.24. The number of nitrogens with zero attached hydrogens (tertiary/aromatic N) is 1. The molecule has 0 aromatic heterocycles. The number of amides is 2. The molecular weight excluding hydrogens is 320 g/mol. The molecule has 0 aliphatic heterocycles. The second-order valence-corrected chi connectivity index (χ2v) is 5.60. The van der Waals surface area contributed by atoms with Crippen LogP contribution >= 0.6 is 0 Å². The van der Waals surface area contributed by atoms with Gasteiger partial charge in [-0.3, -0.25) is 9.59 Å². The van der Waals surface area contributed by atoms with E-state index < -0.39 is 12.0 Å². The SMILES string of the molecule is CO[C@@H](C)C(=O)N(CC(N)=O)Cc1cccc(Oc2ccccc2)c1. The lowest BCUT2D eigenvalue weighted by molar-refractivity contribution is -0.144. The minimum absolute atomic E-state index is 0.170. The molecule has 2 rings (SSSR count). The zero-order chi connectivity index (χ0) is 18.2. The fourth-order valence-corrected chi connectivity index (χ4v) is 2.31. The average molecular weight is 342 g/mol. The van der Waals surface area contributed by atoms with Crippen LogP contribution in [0.3, 0.4) is 0 Å². The normalized spacial score (nSPS) is 11.6. The summed E-state index contributed by atoms with van der Waals surface area (Å²) in [6.07, 6.45) is -0.650. The van der Waals surface area contributed by atoms with Crippen molar-refractivity contribution in [1.29, 1.82) is 0 Å². The van der Waals surface area contributed by atoms with Gasteiger partial charge in [0, 0.05) is 13.7 Å². The van der Waals surface area contributed by atoms with E-state index in [-0.39, 0.29) is 19.0 Å². The number of carbonyl (C=O) groups is 2. The van der Waals surface area contributed by atoms with Crippen LogP contribution in [0.4, 0.5) is 0 Å². The van der Waals surface area contributed by atoms with Crippen molar-refractivity contribution in [3.63, 3.8) is 0 Å². The molecule has 0 bridgehead atoms. The van der Waals surface area contributed by atoms with Crippen molar-refractivity contribution in [3.8, 4) is 11.5 Å². The van der Waals surface area contributed by atoms with Gasteiger partial charge in [0.25, 0.3) is 5.91 Å². The maximum Gasteiger partial charge on any atom is 0.252 e. The number of methoxy groups -OCH3 is 1. The monoisotopic (exact) mass is 342 g/mol. The van der Waals surface area contributed by atoms with Crippen LogP contribution in [0.15, 0.2) is 54.6 Å². The summed E-state index contributed by atoms with van der Waals surface area (Å²) in [5.41, 5.74) is 6.09. The van der Waals surface area contributed by atoms with E-state index in [2.05, 4.69) is 0 Å². The van der Waals surface area contributed by atoms with E-state index >= 15 is 0 Å². The van der Waals surface area contributed by atoms with E-state index in [1.165, 1.54) is 12.0 Å². The Bertz CT molecular complexity index is 718. The molecule has 2 amide bonds. The van der Waals surface area contributed by atoms with Gasteiger partial charge in [-0.2, -0.15) is 0 Å². The van der Waals surface area contributed by atoms with E-state index in [9.17, 15) is 9.59 Å². The van der Waals surface area contributed by atoms with Gasteiger partial charge in [0.15, 0.2) is 0 Å². The average Bonchev–Trinajstić information content (AvgIpc) is 2.60. The topological polar surface area (TPSA) is 81.9 Å². The summed E-state index contributed by atoms with van der Waals surface area (Å²) in [4.78, 5) is 25.0. The highest BCUT2D eigenvalue weighted by Crippen LogP contribution is 2.22. The van der Waals surface area contributed by atoms with Gasteiger partial charge in [0.05, 0.1) is 6.54 Å². The zero-order valence-electron chi connectivity index (χ0n) is 14.3. The Kier molecular flexibility index (Phi) is 6.54. The molecule has 0 aliphatic carbocycles. The molecular formula is C19H22N2O4. The van der Waals surface area contributed by atoms with Crippen LogP contribution in [0.1, 0.15) is 12.5 Å². The molecule has 25 heavy (non-hydrogen) atoms. The number of benzene rings is 2. The molecule has 0 spiro atoms. The Morgan fingerprint density at radius 1 is 1.08 bits per heavy atom. The first-order chi connectivity index (χ1) is 12.0. The highest BCUT2D eigenvalue weighted by atomic mass is 16.5. The second kappa shape index (κ2) is 8.84. The number of hydrogen-bond donors (Lipinski definition) is 1. The summed E-state index contributed by atoms with van der Waals surface area (Å²) in [6.45, 7) is 1.70. The first kappa shape index (κ1) is 18.5. The van der Waals surface area contributed by atoms with Crippen molar-refractivity contribution in [3.05, 3.63) is 60.2 Å². The van der Waals surface area contributed by atoms with Gasteiger partial charge >= 0.3 is 0 Å². The number of para-hydroxylation sites is 1. The summed E-state index contributed by atoms with van der Waals surface area (Å²) < 4.78 is 10.8. The van der Waals surface area contributed by atoms with Crippen LogP contribution in [-0.2, 0) is 20.9 Å². The third-order valence-electron chi connectivity index (χ3n) is 3.61. The molecule has 6 heteroatoms. The molecule has 2 aromatic rings. The quantitative estimate of drug-likeness (QED) is 0.798. The summed E-state index contributed by atoms with van der Waals surface area (Å²) in [6, 6.07) is 16.7. The third-order valence-corrected chi connectivity index (χ3v) is 3.61. The summed E-state index contributed by atoms with van der Waals surface area (Å²) in [7, 11) is 1.44. The number of carbonyl (C=O) groups excluding carboxylic acids is 2.